The van der Waals surface area contributed by atoms with E-state index in [0.29, 0.717) is 44.9 Å². The summed E-state index contributed by atoms with van der Waals surface area (Å²) in [5.41, 5.74) is 1.96. The van der Waals surface area contributed by atoms with Crippen LogP contribution in [0.1, 0.15) is 18.4 Å². The minimum Gasteiger partial charge on any atom is -0.467 e. The molecule has 0 aliphatic heterocycles. The zero-order chi connectivity index (χ0) is 22.0. The van der Waals surface area contributed by atoms with Crippen LogP contribution in [-0.2, 0) is 17.9 Å². The van der Waals surface area contributed by atoms with Crippen LogP contribution in [0.15, 0.2) is 57.0 Å². The van der Waals surface area contributed by atoms with Gasteiger partial charge in [-0.3, -0.25) is 18.8 Å². The van der Waals surface area contributed by atoms with E-state index in [4.69, 9.17) is 16.0 Å². The molecule has 0 radical (unpaired) electrons. The van der Waals surface area contributed by atoms with Gasteiger partial charge in [-0.1, -0.05) is 35.5 Å². The highest BCUT2D eigenvalue weighted by molar-refractivity contribution is 7.99. The summed E-state index contributed by atoms with van der Waals surface area (Å²) in [6, 6.07) is 10.6. The molecule has 0 fully saturated rings. The number of aryl methyl sites for hydroxylation is 2. The number of hydrogen-bond donors (Lipinski definition) is 1. The van der Waals surface area contributed by atoms with Crippen LogP contribution in [0.3, 0.4) is 0 Å². The topological polar surface area (TPSA) is 95.0 Å². The SMILES string of the molecule is CCn1nc(C)c2nc(SCC(=O)Nc3ccccc3Cl)n(Cc3ccco3)c(=O)c21. The maximum Gasteiger partial charge on any atom is 0.280 e. The first kappa shape index (κ1) is 21.2. The Bertz CT molecular complexity index is 1300. The maximum absolute atomic E-state index is 13.3. The number of carbonyl (C=O) groups is 1. The van der Waals surface area contributed by atoms with Gasteiger partial charge in [-0.15, -0.1) is 0 Å². The van der Waals surface area contributed by atoms with E-state index in [9.17, 15) is 9.59 Å². The lowest BCUT2D eigenvalue weighted by Crippen LogP contribution is -2.26. The fourth-order valence-corrected chi connectivity index (χ4v) is 4.18. The molecule has 0 aliphatic rings. The summed E-state index contributed by atoms with van der Waals surface area (Å²) in [4.78, 5) is 30.5. The standard InChI is InChI=1S/C21H20ClN5O3S/c1-3-27-19-18(13(2)25-27)24-21(26(20(19)29)11-14-7-6-10-30-14)31-12-17(28)23-16-9-5-4-8-15(16)22/h4-10H,3,11-12H2,1-2H3,(H,23,28). The van der Waals surface area contributed by atoms with E-state index < -0.39 is 0 Å². The van der Waals surface area contributed by atoms with Gasteiger partial charge in [0.05, 0.1) is 35.0 Å². The van der Waals surface area contributed by atoms with Gasteiger partial charge in [0, 0.05) is 6.54 Å². The molecule has 0 spiro atoms. The van der Waals surface area contributed by atoms with Crippen LogP contribution in [-0.4, -0.2) is 31.0 Å². The molecule has 3 heterocycles. The van der Waals surface area contributed by atoms with Crippen LogP contribution in [0.25, 0.3) is 11.0 Å². The van der Waals surface area contributed by atoms with Crippen molar-refractivity contribution in [3.05, 3.63) is 69.5 Å². The Kier molecular flexibility index (Phi) is 6.15. The third-order valence-electron chi connectivity index (χ3n) is 4.66. The van der Waals surface area contributed by atoms with Crippen molar-refractivity contribution in [1.29, 1.82) is 0 Å². The van der Waals surface area contributed by atoms with Crippen LogP contribution >= 0.6 is 23.4 Å². The van der Waals surface area contributed by atoms with Crippen molar-refractivity contribution in [2.24, 2.45) is 0 Å². The van der Waals surface area contributed by atoms with Crippen molar-refractivity contribution in [1.82, 2.24) is 19.3 Å². The lowest BCUT2D eigenvalue weighted by atomic mass is 10.3. The summed E-state index contributed by atoms with van der Waals surface area (Å²) in [7, 11) is 0. The molecule has 4 aromatic rings. The normalized spacial score (nSPS) is 11.2. The third-order valence-corrected chi connectivity index (χ3v) is 5.96. The van der Waals surface area contributed by atoms with Gasteiger partial charge in [0.15, 0.2) is 10.7 Å². The fourth-order valence-electron chi connectivity index (χ4n) is 3.20. The Labute approximate surface area is 187 Å². The fraction of sp³-hybridized carbons (Fsp3) is 0.238. The highest BCUT2D eigenvalue weighted by atomic mass is 35.5. The van der Waals surface area contributed by atoms with E-state index in [0.717, 1.165) is 0 Å². The van der Waals surface area contributed by atoms with Gasteiger partial charge in [-0.2, -0.15) is 5.10 Å². The van der Waals surface area contributed by atoms with Crippen LogP contribution in [0.5, 0.6) is 0 Å². The second-order valence-corrected chi connectivity index (χ2v) is 8.13. The molecule has 0 aliphatic carbocycles. The van der Waals surface area contributed by atoms with Crippen LogP contribution in [0.2, 0.25) is 5.02 Å². The minimum atomic E-state index is -0.252. The molecular formula is C21H20ClN5O3S. The number of anilines is 1. The van der Waals surface area contributed by atoms with Gasteiger partial charge in [0.1, 0.15) is 11.3 Å². The van der Waals surface area contributed by atoms with Crippen molar-refractivity contribution < 1.29 is 9.21 Å². The van der Waals surface area contributed by atoms with Crippen molar-refractivity contribution >= 4 is 46.0 Å². The summed E-state index contributed by atoms with van der Waals surface area (Å²) < 4.78 is 8.59. The number of amides is 1. The van der Waals surface area contributed by atoms with Crippen LogP contribution in [0.4, 0.5) is 5.69 Å². The number of para-hydroxylation sites is 1. The number of hydrogen-bond acceptors (Lipinski definition) is 6. The molecule has 3 aromatic heterocycles. The monoisotopic (exact) mass is 457 g/mol. The van der Waals surface area contributed by atoms with Crippen LogP contribution < -0.4 is 10.9 Å². The summed E-state index contributed by atoms with van der Waals surface area (Å²) >= 11 is 7.29. The van der Waals surface area contributed by atoms with E-state index in [2.05, 4.69) is 15.4 Å². The van der Waals surface area contributed by atoms with Gasteiger partial charge in [0.25, 0.3) is 5.56 Å². The number of nitrogens with zero attached hydrogens (tertiary/aromatic N) is 4. The first-order valence-electron chi connectivity index (χ1n) is 9.65. The van der Waals surface area contributed by atoms with E-state index in [1.165, 1.54) is 16.3 Å². The summed E-state index contributed by atoms with van der Waals surface area (Å²) in [5.74, 6) is 0.422. The summed E-state index contributed by atoms with van der Waals surface area (Å²) in [5, 5.41) is 8.08. The lowest BCUT2D eigenvalue weighted by molar-refractivity contribution is -0.113. The number of fused-ring (bicyclic) bond motifs is 1. The quantitative estimate of drug-likeness (QED) is 0.333. The van der Waals surface area contributed by atoms with E-state index in [1.807, 2.05) is 13.8 Å². The summed E-state index contributed by atoms with van der Waals surface area (Å²) in [6.45, 7) is 4.49. The number of rotatable bonds is 7. The first-order chi connectivity index (χ1) is 15.0. The van der Waals surface area contributed by atoms with Crippen molar-refractivity contribution in [3.63, 3.8) is 0 Å². The second kappa shape index (κ2) is 8.99. The van der Waals surface area contributed by atoms with Gasteiger partial charge < -0.3 is 9.73 Å². The predicted molar refractivity (Wildman–Crippen MR) is 121 cm³/mol. The van der Waals surface area contributed by atoms with Crippen molar-refractivity contribution in [2.75, 3.05) is 11.1 Å². The molecule has 1 amide bonds. The Balaban J connectivity index is 1.67. The smallest absolute Gasteiger partial charge is 0.280 e. The van der Waals surface area contributed by atoms with Gasteiger partial charge in [-0.05, 0) is 38.1 Å². The second-order valence-electron chi connectivity index (χ2n) is 6.78. The van der Waals surface area contributed by atoms with Crippen molar-refractivity contribution in [3.8, 4) is 0 Å². The number of furan rings is 1. The molecule has 31 heavy (non-hydrogen) atoms. The Morgan fingerprint density at radius 2 is 2.06 bits per heavy atom. The largest absolute Gasteiger partial charge is 0.467 e. The zero-order valence-corrected chi connectivity index (χ0v) is 18.5. The molecular weight excluding hydrogens is 438 g/mol. The molecule has 1 aromatic carbocycles. The number of nitrogens with one attached hydrogen (secondary N) is 1. The number of benzene rings is 1. The van der Waals surface area contributed by atoms with Crippen molar-refractivity contribution in [2.45, 2.75) is 32.1 Å². The van der Waals surface area contributed by atoms with E-state index >= 15 is 0 Å². The van der Waals surface area contributed by atoms with Gasteiger partial charge >= 0.3 is 0 Å². The lowest BCUT2D eigenvalue weighted by Gasteiger charge is -2.12. The molecule has 1 N–H and O–H groups in total. The third kappa shape index (κ3) is 4.38. The summed E-state index contributed by atoms with van der Waals surface area (Å²) in [6.07, 6.45) is 1.55. The molecule has 0 saturated carbocycles. The highest BCUT2D eigenvalue weighted by Crippen LogP contribution is 2.23. The van der Waals surface area contributed by atoms with E-state index in [1.54, 1.807) is 47.3 Å². The van der Waals surface area contributed by atoms with Gasteiger partial charge in [0.2, 0.25) is 5.91 Å². The molecule has 160 valence electrons. The zero-order valence-electron chi connectivity index (χ0n) is 17.0. The molecule has 0 atom stereocenters. The van der Waals surface area contributed by atoms with E-state index in [-0.39, 0.29) is 23.8 Å². The average molecular weight is 458 g/mol. The Morgan fingerprint density at radius 3 is 2.77 bits per heavy atom. The number of thioether (sulfide) groups is 1. The molecule has 0 bridgehead atoms. The Morgan fingerprint density at radius 1 is 1.26 bits per heavy atom. The molecule has 10 heteroatoms. The first-order valence-corrected chi connectivity index (χ1v) is 11.0. The number of aromatic nitrogens is 4. The molecule has 8 nitrogen and oxygen atoms in total. The Hall–Kier alpha value is -3.04. The maximum atomic E-state index is 13.3. The number of carbonyl (C=O) groups excluding carboxylic acids is 1. The van der Waals surface area contributed by atoms with Gasteiger partial charge in [-0.25, -0.2) is 4.98 Å². The average Bonchev–Trinajstić information content (AvgIpc) is 3.38. The molecule has 0 unspecified atom stereocenters. The molecule has 0 saturated heterocycles. The highest BCUT2D eigenvalue weighted by Gasteiger charge is 2.20. The minimum absolute atomic E-state index is 0.0578. The van der Waals surface area contributed by atoms with Crippen LogP contribution in [0, 0.1) is 6.92 Å². The predicted octanol–water partition coefficient (Wildman–Crippen LogP) is 3.95. The number of halogens is 1. The molecule has 4 rings (SSSR count).